The molecule has 5 heteroatoms. The molecule has 5 aromatic rings. The average molecular weight is 395 g/mol. The highest BCUT2D eigenvalue weighted by atomic mass is 16.5. The summed E-state index contributed by atoms with van der Waals surface area (Å²) in [6, 6.07) is 21.6. The van der Waals surface area contributed by atoms with Gasteiger partial charge < -0.3 is 19.8 Å². The number of rotatable bonds is 4. The van der Waals surface area contributed by atoms with Gasteiger partial charge in [-0.1, -0.05) is 18.2 Å². The Kier molecular flexibility index (Phi) is 4.29. The molecule has 0 fully saturated rings. The lowest BCUT2D eigenvalue weighted by molar-refractivity contribution is 0.415. The number of hydrogen-bond donors (Lipinski definition) is 3. The van der Waals surface area contributed by atoms with Gasteiger partial charge in [-0.05, 0) is 61.0 Å². The second-order valence-corrected chi connectivity index (χ2v) is 7.29. The Bertz CT molecular complexity index is 1350. The van der Waals surface area contributed by atoms with Crippen LogP contribution in [0.5, 0.6) is 11.5 Å². The summed E-state index contributed by atoms with van der Waals surface area (Å²) in [6.07, 6.45) is 2.01. The van der Waals surface area contributed by atoms with Gasteiger partial charge in [-0.2, -0.15) is 0 Å². The number of nitrogens with zero attached hydrogens (tertiary/aromatic N) is 1. The number of fused-ring (bicyclic) bond motifs is 1. The number of para-hydroxylation sites is 1. The molecule has 0 saturated carbocycles. The van der Waals surface area contributed by atoms with Crippen LogP contribution in [-0.4, -0.2) is 27.2 Å². The highest BCUT2D eigenvalue weighted by molar-refractivity contribution is 5.98. The highest BCUT2D eigenvalue weighted by Gasteiger charge is 2.18. The fourth-order valence-electron chi connectivity index (χ4n) is 3.74. The van der Waals surface area contributed by atoms with Gasteiger partial charge in [-0.25, -0.2) is 4.98 Å². The average Bonchev–Trinajstić information content (AvgIpc) is 3.40. The Balaban J connectivity index is 1.72. The van der Waals surface area contributed by atoms with Gasteiger partial charge in [-0.15, -0.1) is 0 Å². The minimum atomic E-state index is 0.275. The number of imidazole rings is 1. The van der Waals surface area contributed by atoms with Crippen LogP contribution in [0.25, 0.3) is 44.8 Å². The van der Waals surface area contributed by atoms with Crippen molar-refractivity contribution < 1.29 is 9.84 Å². The molecule has 0 spiro atoms. The normalized spacial score (nSPS) is 11.1. The first-order chi connectivity index (χ1) is 14.6. The maximum atomic E-state index is 9.90. The van der Waals surface area contributed by atoms with Gasteiger partial charge >= 0.3 is 0 Å². The molecule has 0 aliphatic heterocycles. The summed E-state index contributed by atoms with van der Waals surface area (Å²) in [5.74, 6) is 1.83. The second-order valence-electron chi connectivity index (χ2n) is 7.29. The third kappa shape index (κ3) is 3.01. The van der Waals surface area contributed by atoms with Gasteiger partial charge in [0, 0.05) is 33.8 Å². The number of nitrogens with one attached hydrogen (secondary N) is 2. The van der Waals surface area contributed by atoms with Crippen molar-refractivity contribution in [2.24, 2.45) is 0 Å². The lowest BCUT2D eigenvalue weighted by atomic mass is 10.0. The minimum Gasteiger partial charge on any atom is -0.508 e. The summed E-state index contributed by atoms with van der Waals surface area (Å²) in [7, 11) is 1.66. The Hall–Kier alpha value is -3.99. The summed E-state index contributed by atoms with van der Waals surface area (Å²) in [5.41, 5.74) is 6.67. The van der Waals surface area contributed by atoms with Crippen LogP contribution in [0.15, 0.2) is 72.9 Å². The first kappa shape index (κ1) is 18.1. The maximum Gasteiger partial charge on any atom is 0.138 e. The molecule has 2 heterocycles. The van der Waals surface area contributed by atoms with E-state index in [1.165, 1.54) is 0 Å². The number of ether oxygens (including phenoxy) is 1. The second kappa shape index (κ2) is 7.12. The third-order valence-electron chi connectivity index (χ3n) is 5.40. The zero-order valence-corrected chi connectivity index (χ0v) is 16.7. The summed E-state index contributed by atoms with van der Waals surface area (Å²) < 4.78 is 5.31. The summed E-state index contributed by atoms with van der Waals surface area (Å²) in [5, 5.41) is 11.0. The van der Waals surface area contributed by atoms with Crippen molar-refractivity contribution in [2.75, 3.05) is 7.11 Å². The third-order valence-corrected chi connectivity index (χ3v) is 5.40. The number of aromatic hydroxyl groups is 1. The van der Waals surface area contributed by atoms with E-state index in [0.29, 0.717) is 0 Å². The first-order valence-electron chi connectivity index (χ1n) is 9.75. The summed E-state index contributed by atoms with van der Waals surface area (Å²) in [4.78, 5) is 11.8. The number of H-pyrrole nitrogens is 2. The van der Waals surface area contributed by atoms with Crippen LogP contribution >= 0.6 is 0 Å². The van der Waals surface area contributed by atoms with Crippen molar-refractivity contribution >= 4 is 10.9 Å². The molecule has 5 rings (SSSR count). The van der Waals surface area contributed by atoms with Crippen LogP contribution < -0.4 is 4.74 Å². The molecule has 0 unspecified atom stereocenters. The van der Waals surface area contributed by atoms with Gasteiger partial charge in [0.1, 0.15) is 17.3 Å². The van der Waals surface area contributed by atoms with E-state index in [1.54, 1.807) is 13.2 Å². The van der Waals surface area contributed by atoms with E-state index in [-0.39, 0.29) is 5.75 Å². The quantitative estimate of drug-likeness (QED) is 0.354. The highest BCUT2D eigenvalue weighted by Crippen LogP contribution is 2.37. The van der Waals surface area contributed by atoms with Crippen LogP contribution in [0.3, 0.4) is 0 Å². The Morgan fingerprint density at radius 3 is 2.47 bits per heavy atom. The molecule has 5 nitrogen and oxygen atoms in total. The lowest BCUT2D eigenvalue weighted by Gasteiger charge is -2.04. The van der Waals surface area contributed by atoms with E-state index >= 15 is 0 Å². The monoisotopic (exact) mass is 395 g/mol. The zero-order chi connectivity index (χ0) is 20.7. The predicted molar refractivity (Wildman–Crippen MR) is 120 cm³/mol. The first-order valence-corrected chi connectivity index (χ1v) is 9.75. The number of phenolic OH excluding ortho intramolecular Hbond substituents is 1. The van der Waals surface area contributed by atoms with Gasteiger partial charge in [0.2, 0.25) is 0 Å². The van der Waals surface area contributed by atoms with Gasteiger partial charge in [-0.3, -0.25) is 0 Å². The molecule has 0 saturated heterocycles. The van der Waals surface area contributed by atoms with Crippen LogP contribution in [0.2, 0.25) is 0 Å². The molecule has 3 N–H and O–H groups in total. The molecular formula is C25H21N3O2. The molecule has 0 amide bonds. The van der Waals surface area contributed by atoms with Gasteiger partial charge in [0.15, 0.2) is 0 Å². The standard InChI is InChI=1S/C25H21N3O2/c1-15-13-17(9-12-22(15)29)25-27-23(16-7-10-18(30-2)11-8-16)24(28-25)20-14-26-21-6-4-3-5-19(20)21/h3-14,26,29H,1-2H3,(H,27,28). The van der Waals surface area contributed by atoms with Gasteiger partial charge in [0.05, 0.1) is 18.5 Å². The fraction of sp³-hybridized carbons (Fsp3) is 0.0800. The maximum absolute atomic E-state index is 9.90. The topological polar surface area (TPSA) is 73.9 Å². The SMILES string of the molecule is COc1ccc(-c2nc(-c3ccc(O)c(C)c3)[nH]c2-c2c[nH]c3ccccc23)cc1. The molecule has 3 aromatic carbocycles. The van der Waals surface area contributed by atoms with Crippen LogP contribution in [0, 0.1) is 6.92 Å². The van der Waals surface area contributed by atoms with Crippen molar-refractivity contribution in [3.63, 3.8) is 0 Å². The van der Waals surface area contributed by atoms with E-state index in [0.717, 1.165) is 56.1 Å². The van der Waals surface area contributed by atoms with E-state index in [9.17, 15) is 5.11 Å². The number of aryl methyl sites for hydroxylation is 1. The lowest BCUT2D eigenvalue weighted by Crippen LogP contribution is -1.85. The summed E-state index contributed by atoms with van der Waals surface area (Å²) >= 11 is 0. The smallest absolute Gasteiger partial charge is 0.138 e. The van der Waals surface area contributed by atoms with Crippen molar-refractivity contribution in [2.45, 2.75) is 6.92 Å². The largest absolute Gasteiger partial charge is 0.508 e. The molecule has 0 bridgehead atoms. The number of benzene rings is 3. The van der Waals surface area contributed by atoms with Crippen molar-refractivity contribution in [3.8, 4) is 45.4 Å². The van der Waals surface area contributed by atoms with E-state index in [4.69, 9.17) is 9.72 Å². The molecule has 0 aliphatic carbocycles. The zero-order valence-electron chi connectivity index (χ0n) is 16.7. The van der Waals surface area contributed by atoms with E-state index in [1.807, 2.05) is 61.7 Å². The Morgan fingerprint density at radius 2 is 1.70 bits per heavy atom. The Labute approximate surface area is 174 Å². The number of hydrogen-bond acceptors (Lipinski definition) is 3. The van der Waals surface area contributed by atoms with Crippen molar-refractivity contribution in [1.29, 1.82) is 0 Å². The molecule has 0 aliphatic rings. The Morgan fingerprint density at radius 1 is 0.933 bits per heavy atom. The number of phenols is 1. The van der Waals surface area contributed by atoms with Crippen LogP contribution in [-0.2, 0) is 0 Å². The number of aromatic nitrogens is 3. The summed E-state index contributed by atoms with van der Waals surface area (Å²) in [6.45, 7) is 1.88. The van der Waals surface area contributed by atoms with E-state index in [2.05, 4.69) is 22.1 Å². The van der Waals surface area contributed by atoms with Gasteiger partial charge in [0.25, 0.3) is 0 Å². The molecule has 30 heavy (non-hydrogen) atoms. The van der Waals surface area contributed by atoms with E-state index < -0.39 is 0 Å². The molecule has 0 radical (unpaired) electrons. The molecular weight excluding hydrogens is 374 g/mol. The molecule has 0 atom stereocenters. The predicted octanol–water partition coefficient (Wildman–Crippen LogP) is 5.91. The molecule has 148 valence electrons. The molecule has 2 aromatic heterocycles. The van der Waals surface area contributed by atoms with Crippen LogP contribution in [0.4, 0.5) is 0 Å². The van der Waals surface area contributed by atoms with Crippen molar-refractivity contribution in [1.82, 2.24) is 15.0 Å². The number of methoxy groups -OCH3 is 1. The van der Waals surface area contributed by atoms with Crippen molar-refractivity contribution in [3.05, 3.63) is 78.5 Å². The van der Waals surface area contributed by atoms with Crippen LogP contribution in [0.1, 0.15) is 5.56 Å². The fourth-order valence-corrected chi connectivity index (χ4v) is 3.74. The number of aromatic amines is 2. The minimum absolute atomic E-state index is 0.275.